The van der Waals surface area contributed by atoms with Crippen molar-refractivity contribution in [3.8, 4) is 0 Å². The van der Waals surface area contributed by atoms with E-state index in [-0.39, 0.29) is 30.8 Å². The Hall–Kier alpha value is -2.33. The maximum atomic E-state index is 13.0. The smallest absolute Gasteiger partial charge is 0.242 e. The van der Waals surface area contributed by atoms with Crippen molar-refractivity contribution >= 4 is 23.4 Å². The number of nitrogens with one attached hydrogen (secondary N) is 1. The molecule has 1 atom stereocenters. The summed E-state index contributed by atoms with van der Waals surface area (Å²) in [5, 5.41) is 3.47. The third kappa shape index (κ3) is 6.10. The van der Waals surface area contributed by atoms with E-state index in [4.69, 9.17) is 11.6 Å². The molecule has 0 spiro atoms. The highest BCUT2D eigenvalue weighted by atomic mass is 35.5. The summed E-state index contributed by atoms with van der Waals surface area (Å²) in [4.78, 5) is 27.2. The molecule has 0 radical (unpaired) electrons. The van der Waals surface area contributed by atoms with Crippen molar-refractivity contribution in [3.05, 3.63) is 70.2 Å². The molecule has 0 unspecified atom stereocenters. The van der Waals surface area contributed by atoms with Crippen LogP contribution in [0.3, 0.4) is 0 Å². The van der Waals surface area contributed by atoms with Crippen LogP contribution in [-0.4, -0.2) is 28.8 Å². The lowest BCUT2D eigenvalue weighted by molar-refractivity contribution is -0.140. The zero-order valence-electron chi connectivity index (χ0n) is 16.3. The number of halogens is 1. The minimum absolute atomic E-state index is 0.00862. The van der Waals surface area contributed by atoms with Gasteiger partial charge in [-0.1, -0.05) is 59.6 Å². The first-order chi connectivity index (χ1) is 12.8. The second-order valence-corrected chi connectivity index (χ2v) is 7.52. The van der Waals surface area contributed by atoms with Crippen molar-refractivity contribution < 1.29 is 9.59 Å². The van der Waals surface area contributed by atoms with Crippen LogP contribution in [0.2, 0.25) is 5.02 Å². The fourth-order valence-electron chi connectivity index (χ4n) is 2.78. The third-order valence-electron chi connectivity index (χ3n) is 4.37. The fourth-order valence-corrected chi connectivity index (χ4v) is 2.98. The summed E-state index contributed by atoms with van der Waals surface area (Å²) in [5.74, 6) is -0.278. The SMILES string of the molecule is Cc1ccc(CC(=O)N(Cc2ccccc2Cl)[C@@H](C)C(=O)NC(C)C)cc1. The van der Waals surface area contributed by atoms with Crippen LogP contribution < -0.4 is 5.32 Å². The zero-order valence-corrected chi connectivity index (χ0v) is 17.1. The Kier molecular flexibility index (Phi) is 7.43. The van der Waals surface area contributed by atoms with Crippen molar-refractivity contribution in [1.29, 1.82) is 0 Å². The quantitative estimate of drug-likeness (QED) is 0.777. The maximum Gasteiger partial charge on any atom is 0.242 e. The van der Waals surface area contributed by atoms with E-state index in [0.29, 0.717) is 5.02 Å². The lowest BCUT2D eigenvalue weighted by Crippen LogP contribution is -2.49. The van der Waals surface area contributed by atoms with Gasteiger partial charge in [0.1, 0.15) is 6.04 Å². The number of benzene rings is 2. The second kappa shape index (κ2) is 9.56. The van der Waals surface area contributed by atoms with Gasteiger partial charge < -0.3 is 10.2 Å². The lowest BCUT2D eigenvalue weighted by Gasteiger charge is -2.29. The Labute approximate surface area is 166 Å². The normalized spacial score (nSPS) is 11.9. The van der Waals surface area contributed by atoms with Gasteiger partial charge in [0, 0.05) is 17.6 Å². The number of carbonyl (C=O) groups is 2. The van der Waals surface area contributed by atoms with Gasteiger partial charge in [0.15, 0.2) is 0 Å². The molecule has 0 aliphatic carbocycles. The van der Waals surface area contributed by atoms with Crippen LogP contribution >= 0.6 is 11.6 Å². The van der Waals surface area contributed by atoms with Gasteiger partial charge in [0.05, 0.1) is 6.42 Å². The first-order valence-electron chi connectivity index (χ1n) is 9.16. The topological polar surface area (TPSA) is 49.4 Å². The van der Waals surface area contributed by atoms with Gasteiger partial charge in [-0.15, -0.1) is 0 Å². The van der Waals surface area contributed by atoms with Gasteiger partial charge in [0.2, 0.25) is 11.8 Å². The molecular weight excluding hydrogens is 360 g/mol. The molecule has 5 heteroatoms. The number of aryl methyl sites for hydroxylation is 1. The Balaban J connectivity index is 2.24. The van der Waals surface area contributed by atoms with E-state index >= 15 is 0 Å². The number of hydrogen-bond acceptors (Lipinski definition) is 2. The fraction of sp³-hybridized carbons (Fsp3) is 0.364. The Morgan fingerprint density at radius 3 is 2.26 bits per heavy atom. The molecule has 0 heterocycles. The Bertz CT molecular complexity index is 787. The highest BCUT2D eigenvalue weighted by molar-refractivity contribution is 6.31. The lowest BCUT2D eigenvalue weighted by atomic mass is 10.1. The second-order valence-electron chi connectivity index (χ2n) is 7.11. The monoisotopic (exact) mass is 386 g/mol. The molecule has 0 saturated carbocycles. The summed E-state index contributed by atoms with van der Waals surface area (Å²) in [6, 6.07) is 14.7. The molecular formula is C22H27ClN2O2. The highest BCUT2D eigenvalue weighted by Crippen LogP contribution is 2.19. The van der Waals surface area contributed by atoms with E-state index < -0.39 is 6.04 Å². The largest absolute Gasteiger partial charge is 0.352 e. The molecule has 2 amide bonds. The molecule has 0 bridgehead atoms. The van der Waals surface area contributed by atoms with Crippen LogP contribution in [0.25, 0.3) is 0 Å². The summed E-state index contributed by atoms with van der Waals surface area (Å²) < 4.78 is 0. The summed E-state index contributed by atoms with van der Waals surface area (Å²) in [5.41, 5.74) is 2.88. The van der Waals surface area contributed by atoms with Crippen molar-refractivity contribution in [2.45, 2.75) is 52.7 Å². The van der Waals surface area contributed by atoms with E-state index in [0.717, 1.165) is 16.7 Å². The number of amides is 2. The summed E-state index contributed by atoms with van der Waals surface area (Å²) in [6.07, 6.45) is 0.240. The van der Waals surface area contributed by atoms with E-state index in [1.54, 1.807) is 17.9 Å². The minimum Gasteiger partial charge on any atom is -0.352 e. The van der Waals surface area contributed by atoms with Crippen LogP contribution in [0.15, 0.2) is 48.5 Å². The molecule has 2 rings (SSSR count). The minimum atomic E-state index is -0.596. The molecule has 0 aliphatic heterocycles. The van der Waals surface area contributed by atoms with Gasteiger partial charge in [0.25, 0.3) is 0 Å². The number of nitrogens with zero attached hydrogens (tertiary/aromatic N) is 1. The van der Waals surface area contributed by atoms with Crippen LogP contribution in [-0.2, 0) is 22.6 Å². The summed E-state index contributed by atoms with van der Waals surface area (Å²) >= 11 is 6.28. The van der Waals surface area contributed by atoms with Gasteiger partial charge in [-0.2, -0.15) is 0 Å². The van der Waals surface area contributed by atoms with E-state index in [2.05, 4.69) is 5.32 Å². The molecule has 0 aliphatic rings. The molecule has 0 saturated heterocycles. The molecule has 1 N–H and O–H groups in total. The van der Waals surface area contributed by atoms with E-state index in [1.807, 2.05) is 63.2 Å². The molecule has 2 aromatic carbocycles. The molecule has 0 fully saturated rings. The molecule has 4 nitrogen and oxygen atoms in total. The van der Waals surface area contributed by atoms with Crippen LogP contribution in [0.5, 0.6) is 0 Å². The Morgan fingerprint density at radius 2 is 1.67 bits per heavy atom. The first kappa shape index (κ1) is 21.0. The van der Waals surface area contributed by atoms with E-state index in [9.17, 15) is 9.59 Å². The zero-order chi connectivity index (χ0) is 20.0. The number of carbonyl (C=O) groups excluding carboxylic acids is 2. The van der Waals surface area contributed by atoms with Crippen molar-refractivity contribution in [1.82, 2.24) is 10.2 Å². The predicted octanol–water partition coefficient (Wildman–Crippen LogP) is 4.13. The van der Waals surface area contributed by atoms with E-state index in [1.165, 1.54) is 0 Å². The highest BCUT2D eigenvalue weighted by Gasteiger charge is 2.27. The molecule has 27 heavy (non-hydrogen) atoms. The average Bonchev–Trinajstić information content (AvgIpc) is 2.61. The number of hydrogen-bond donors (Lipinski definition) is 1. The average molecular weight is 387 g/mol. The van der Waals surface area contributed by atoms with Crippen molar-refractivity contribution in [2.75, 3.05) is 0 Å². The predicted molar refractivity (Wildman–Crippen MR) is 110 cm³/mol. The van der Waals surface area contributed by atoms with Crippen molar-refractivity contribution in [3.63, 3.8) is 0 Å². The van der Waals surface area contributed by atoms with Gasteiger partial charge in [-0.3, -0.25) is 9.59 Å². The molecule has 2 aromatic rings. The Morgan fingerprint density at radius 1 is 1.04 bits per heavy atom. The van der Waals surface area contributed by atoms with Gasteiger partial charge in [-0.25, -0.2) is 0 Å². The standard InChI is InChI=1S/C22H27ClN2O2/c1-15(2)24-22(27)17(4)25(14-19-7-5-6-8-20(19)23)21(26)13-18-11-9-16(3)10-12-18/h5-12,15,17H,13-14H2,1-4H3,(H,24,27)/t17-/m0/s1. The van der Waals surface area contributed by atoms with Crippen LogP contribution in [0.4, 0.5) is 0 Å². The van der Waals surface area contributed by atoms with Crippen LogP contribution in [0, 0.1) is 6.92 Å². The maximum absolute atomic E-state index is 13.0. The van der Waals surface area contributed by atoms with Gasteiger partial charge >= 0.3 is 0 Å². The van der Waals surface area contributed by atoms with Crippen LogP contribution in [0.1, 0.15) is 37.5 Å². The van der Waals surface area contributed by atoms with Gasteiger partial charge in [-0.05, 0) is 44.9 Å². The first-order valence-corrected chi connectivity index (χ1v) is 9.54. The summed E-state index contributed by atoms with van der Waals surface area (Å²) in [7, 11) is 0. The molecule has 0 aromatic heterocycles. The molecule has 144 valence electrons. The van der Waals surface area contributed by atoms with Crippen molar-refractivity contribution in [2.24, 2.45) is 0 Å². The number of rotatable bonds is 7. The third-order valence-corrected chi connectivity index (χ3v) is 4.74. The summed E-state index contributed by atoms with van der Waals surface area (Å²) in [6.45, 7) is 7.85.